The summed E-state index contributed by atoms with van der Waals surface area (Å²) in [4.78, 5) is 55.5. The van der Waals surface area contributed by atoms with Crippen molar-refractivity contribution in [1.29, 1.82) is 0 Å². The molecule has 0 unspecified atom stereocenters. The third kappa shape index (κ3) is 7.06. The average Bonchev–Trinajstić information content (AvgIpc) is 3.22. The molecule has 1 saturated heterocycles. The predicted molar refractivity (Wildman–Crippen MR) is 151 cm³/mol. The highest BCUT2D eigenvalue weighted by Gasteiger charge is 2.39. The molecule has 1 atom stereocenters. The molecule has 11 heteroatoms. The smallest absolute Gasteiger partial charge is 0.338 e. The summed E-state index contributed by atoms with van der Waals surface area (Å²) < 4.78 is 10.2. The van der Waals surface area contributed by atoms with Gasteiger partial charge in [0.05, 0.1) is 37.1 Å². The van der Waals surface area contributed by atoms with E-state index < -0.39 is 23.1 Å². The summed E-state index contributed by atoms with van der Waals surface area (Å²) in [6.07, 6.45) is -0.107. The molecule has 1 aliphatic heterocycles. The van der Waals surface area contributed by atoms with Crippen molar-refractivity contribution in [2.75, 3.05) is 19.0 Å². The first kappa shape index (κ1) is 28.4. The molecule has 0 aliphatic carbocycles. The molecule has 2 N–H and O–H groups in total. The van der Waals surface area contributed by atoms with Gasteiger partial charge in [-0.25, -0.2) is 14.6 Å². The first-order valence-electron chi connectivity index (χ1n) is 12.4. The molecule has 3 aromatic carbocycles. The second kappa shape index (κ2) is 12.9. The standard InChI is InChI=1S/C29H27N3O7S/c1-3-39-28(37)20-8-12-22(13-9-20)31-29-32(17-18-4-14-23(38-2)15-5-18)26(34)24(40-29)16-25(33)30-21-10-6-19(7-11-21)27(35)36/h4-15,24H,3,16-17H2,1-2H3,(H,30,33)(H,35,36)/t24-/m1/s1. The number of anilines is 1. The molecule has 1 fully saturated rings. The number of amidine groups is 1. The molecule has 40 heavy (non-hydrogen) atoms. The van der Waals surface area contributed by atoms with Crippen LogP contribution in [0, 0.1) is 0 Å². The van der Waals surface area contributed by atoms with Crippen LogP contribution in [0.4, 0.5) is 11.4 Å². The van der Waals surface area contributed by atoms with Crippen LogP contribution in [-0.4, -0.2) is 57.9 Å². The van der Waals surface area contributed by atoms with Gasteiger partial charge in [-0.1, -0.05) is 23.9 Å². The fourth-order valence-electron chi connectivity index (χ4n) is 3.86. The third-order valence-electron chi connectivity index (χ3n) is 5.91. The number of carboxylic acid groups (broad SMARTS) is 1. The monoisotopic (exact) mass is 561 g/mol. The minimum atomic E-state index is -1.06. The SMILES string of the molecule is CCOC(=O)c1ccc(N=C2S[C@H](CC(=O)Nc3ccc(C(=O)O)cc3)C(=O)N2Cc2ccc(OC)cc2)cc1. The van der Waals surface area contributed by atoms with Crippen molar-refractivity contribution in [3.63, 3.8) is 0 Å². The van der Waals surface area contributed by atoms with Crippen molar-refractivity contribution in [1.82, 2.24) is 4.90 Å². The zero-order valence-corrected chi connectivity index (χ0v) is 22.6. The predicted octanol–water partition coefficient (Wildman–Crippen LogP) is 4.73. The van der Waals surface area contributed by atoms with Crippen molar-refractivity contribution in [3.8, 4) is 5.75 Å². The highest BCUT2D eigenvalue weighted by Crippen LogP contribution is 2.33. The van der Waals surface area contributed by atoms with E-state index in [0.29, 0.717) is 27.9 Å². The van der Waals surface area contributed by atoms with Gasteiger partial charge in [-0.15, -0.1) is 0 Å². The van der Waals surface area contributed by atoms with E-state index in [1.54, 1.807) is 50.4 Å². The quantitative estimate of drug-likeness (QED) is 0.339. The lowest BCUT2D eigenvalue weighted by atomic mass is 10.2. The Bertz CT molecular complexity index is 1420. The lowest BCUT2D eigenvalue weighted by molar-refractivity contribution is -0.128. The van der Waals surface area contributed by atoms with Gasteiger partial charge < -0.3 is 19.9 Å². The molecule has 0 saturated carbocycles. The number of thioether (sulfide) groups is 1. The zero-order valence-electron chi connectivity index (χ0n) is 21.8. The Kier molecular flexibility index (Phi) is 9.18. The average molecular weight is 562 g/mol. The number of carboxylic acids is 1. The molecule has 206 valence electrons. The molecule has 1 aliphatic rings. The van der Waals surface area contributed by atoms with Gasteiger partial charge >= 0.3 is 11.9 Å². The van der Waals surface area contributed by atoms with Crippen LogP contribution in [0.3, 0.4) is 0 Å². The minimum absolute atomic E-state index is 0.102. The van der Waals surface area contributed by atoms with Crippen molar-refractivity contribution in [3.05, 3.63) is 89.5 Å². The minimum Gasteiger partial charge on any atom is -0.497 e. The summed E-state index contributed by atoms with van der Waals surface area (Å²) in [5.41, 5.74) is 2.30. The van der Waals surface area contributed by atoms with Gasteiger partial charge in [0, 0.05) is 12.1 Å². The van der Waals surface area contributed by atoms with Crippen LogP contribution in [0.2, 0.25) is 0 Å². The number of carbonyl (C=O) groups is 4. The van der Waals surface area contributed by atoms with Crippen LogP contribution in [0.1, 0.15) is 39.6 Å². The van der Waals surface area contributed by atoms with Gasteiger partial charge in [0.1, 0.15) is 11.0 Å². The summed E-state index contributed by atoms with van der Waals surface area (Å²) in [5, 5.41) is 11.5. The number of rotatable bonds is 10. The Morgan fingerprint density at radius 2 is 1.62 bits per heavy atom. The number of nitrogens with zero attached hydrogens (tertiary/aromatic N) is 2. The van der Waals surface area contributed by atoms with Crippen molar-refractivity contribution in [2.45, 2.75) is 25.1 Å². The largest absolute Gasteiger partial charge is 0.497 e. The number of ether oxygens (including phenoxy) is 2. The first-order valence-corrected chi connectivity index (χ1v) is 13.3. The summed E-state index contributed by atoms with van der Waals surface area (Å²) in [6, 6.07) is 19.6. The molecule has 0 spiro atoms. The molecular formula is C29H27N3O7S. The van der Waals surface area contributed by atoms with E-state index >= 15 is 0 Å². The van der Waals surface area contributed by atoms with Gasteiger partial charge in [0.15, 0.2) is 5.17 Å². The van der Waals surface area contributed by atoms with E-state index in [-0.39, 0.29) is 31.0 Å². The Morgan fingerprint density at radius 3 is 2.23 bits per heavy atom. The number of amides is 2. The van der Waals surface area contributed by atoms with Crippen LogP contribution in [-0.2, 0) is 20.9 Å². The van der Waals surface area contributed by atoms with E-state index in [1.165, 1.54) is 40.9 Å². The second-order valence-electron chi connectivity index (χ2n) is 8.68. The Hall–Kier alpha value is -4.64. The summed E-state index contributed by atoms with van der Waals surface area (Å²) in [5.74, 6) is -1.47. The van der Waals surface area contributed by atoms with E-state index in [2.05, 4.69) is 10.3 Å². The van der Waals surface area contributed by atoms with Crippen LogP contribution >= 0.6 is 11.8 Å². The van der Waals surface area contributed by atoms with Gasteiger partial charge in [0.2, 0.25) is 11.8 Å². The Balaban J connectivity index is 1.53. The highest BCUT2D eigenvalue weighted by molar-refractivity contribution is 8.15. The van der Waals surface area contributed by atoms with Crippen LogP contribution in [0.25, 0.3) is 0 Å². The Morgan fingerprint density at radius 1 is 0.975 bits per heavy atom. The van der Waals surface area contributed by atoms with Gasteiger partial charge in [-0.2, -0.15) is 0 Å². The zero-order chi connectivity index (χ0) is 28.6. The maximum Gasteiger partial charge on any atom is 0.338 e. The molecule has 0 aromatic heterocycles. The number of carbonyl (C=O) groups excluding carboxylic acids is 3. The van der Waals surface area contributed by atoms with E-state index in [0.717, 1.165) is 5.56 Å². The summed E-state index contributed by atoms with van der Waals surface area (Å²) in [7, 11) is 1.57. The lowest BCUT2D eigenvalue weighted by Gasteiger charge is -2.17. The molecule has 2 amide bonds. The van der Waals surface area contributed by atoms with Crippen LogP contribution < -0.4 is 10.1 Å². The van der Waals surface area contributed by atoms with Crippen molar-refractivity contribution < 1.29 is 33.8 Å². The molecule has 1 heterocycles. The number of hydrogen-bond donors (Lipinski definition) is 2. The van der Waals surface area contributed by atoms with E-state index in [1.807, 2.05) is 12.1 Å². The van der Waals surface area contributed by atoms with Gasteiger partial charge in [-0.3, -0.25) is 14.5 Å². The van der Waals surface area contributed by atoms with E-state index in [9.17, 15) is 19.2 Å². The van der Waals surface area contributed by atoms with Crippen molar-refractivity contribution >= 4 is 52.1 Å². The second-order valence-corrected chi connectivity index (χ2v) is 9.85. The maximum absolute atomic E-state index is 13.4. The summed E-state index contributed by atoms with van der Waals surface area (Å²) >= 11 is 1.18. The number of nitrogens with one attached hydrogen (secondary N) is 1. The molecule has 4 rings (SSSR count). The molecule has 0 radical (unpaired) electrons. The molecule has 0 bridgehead atoms. The third-order valence-corrected chi connectivity index (χ3v) is 7.08. The highest BCUT2D eigenvalue weighted by atomic mass is 32.2. The van der Waals surface area contributed by atoms with Gasteiger partial charge in [0.25, 0.3) is 0 Å². The first-order chi connectivity index (χ1) is 19.3. The normalized spacial score (nSPS) is 15.7. The van der Waals surface area contributed by atoms with Crippen molar-refractivity contribution in [2.24, 2.45) is 4.99 Å². The molecule has 3 aromatic rings. The number of methoxy groups -OCH3 is 1. The number of aromatic carboxylic acids is 1. The Labute approximate surface area is 235 Å². The fourth-order valence-corrected chi connectivity index (χ4v) is 5.01. The van der Waals surface area contributed by atoms with Crippen LogP contribution in [0.15, 0.2) is 77.8 Å². The number of esters is 1. The fraction of sp³-hybridized carbons (Fsp3) is 0.207. The van der Waals surface area contributed by atoms with E-state index in [4.69, 9.17) is 14.6 Å². The maximum atomic E-state index is 13.4. The van der Waals surface area contributed by atoms with Gasteiger partial charge in [-0.05, 0) is 73.2 Å². The number of hydrogen-bond acceptors (Lipinski definition) is 8. The number of benzene rings is 3. The summed E-state index contributed by atoms with van der Waals surface area (Å²) in [6.45, 7) is 2.24. The molecular weight excluding hydrogens is 534 g/mol. The topological polar surface area (TPSA) is 135 Å². The molecule has 10 nitrogen and oxygen atoms in total. The van der Waals surface area contributed by atoms with Crippen LogP contribution in [0.5, 0.6) is 5.75 Å². The number of aliphatic imine (C=N–C) groups is 1. The lowest BCUT2D eigenvalue weighted by Crippen LogP contribution is -2.33.